The van der Waals surface area contributed by atoms with Gasteiger partial charge in [0.2, 0.25) is 11.4 Å². The molecule has 1 atom stereocenters. The van der Waals surface area contributed by atoms with E-state index in [2.05, 4.69) is 11.1 Å². The number of ether oxygens (including phenoxy) is 2. The second-order valence-electron chi connectivity index (χ2n) is 6.81. The molecule has 8 nitrogen and oxygen atoms in total. The highest BCUT2D eigenvalue weighted by molar-refractivity contribution is 7.99. The van der Waals surface area contributed by atoms with Crippen molar-refractivity contribution in [3.05, 3.63) is 86.2 Å². The summed E-state index contributed by atoms with van der Waals surface area (Å²) in [6.45, 7) is 3.49. The van der Waals surface area contributed by atoms with Crippen LogP contribution in [0.5, 0.6) is 0 Å². The molecule has 1 aliphatic rings. The molecule has 3 rings (SSSR count). The number of esters is 1. The summed E-state index contributed by atoms with van der Waals surface area (Å²) in [7, 11) is 0. The third-order valence-electron chi connectivity index (χ3n) is 4.79. The Morgan fingerprint density at radius 1 is 1.28 bits per heavy atom. The van der Waals surface area contributed by atoms with Crippen molar-refractivity contribution in [1.29, 1.82) is 10.5 Å². The molecular weight excluding hydrogens is 428 g/mol. The molecule has 1 aromatic carbocycles. The highest BCUT2D eigenvalue weighted by atomic mass is 32.2. The third-order valence-corrected chi connectivity index (χ3v) is 5.79. The number of H-pyrrole nitrogens is 1. The zero-order valence-electron chi connectivity index (χ0n) is 17.5. The molecular formula is C23H20N4O4S. The van der Waals surface area contributed by atoms with Gasteiger partial charge in [-0.15, -0.1) is 0 Å². The average molecular weight is 449 g/mol. The fourth-order valence-corrected chi connectivity index (χ4v) is 4.39. The van der Waals surface area contributed by atoms with Crippen molar-refractivity contribution in [2.24, 2.45) is 5.73 Å². The number of nitrogens with two attached hydrogens (primary N) is 1. The van der Waals surface area contributed by atoms with Gasteiger partial charge in [-0.3, -0.25) is 4.79 Å². The zero-order chi connectivity index (χ0) is 23.3. The number of allylic oxidation sites excluding steroid dienone is 1. The van der Waals surface area contributed by atoms with Crippen molar-refractivity contribution in [2.45, 2.75) is 24.8 Å². The molecule has 0 aliphatic carbocycles. The number of aromatic nitrogens is 1. The molecule has 2 heterocycles. The highest BCUT2D eigenvalue weighted by Crippen LogP contribution is 2.41. The Balaban J connectivity index is 2.11. The lowest BCUT2D eigenvalue weighted by Crippen LogP contribution is -2.27. The maximum absolute atomic E-state index is 13.0. The van der Waals surface area contributed by atoms with E-state index in [0.717, 1.165) is 11.8 Å². The number of nitrogens with zero attached hydrogens (tertiary/aromatic N) is 2. The minimum absolute atomic E-state index is 0.0744. The number of benzene rings is 1. The molecule has 0 amide bonds. The SMILES string of the molecule is CCOC(=O)C1=C(CSc2[nH]c(=O)cc(C)c2C#N)OC(N)=C(C#N)[C@@H]1c1ccccc1. The van der Waals surface area contributed by atoms with Gasteiger partial charge in [-0.05, 0) is 25.0 Å². The third kappa shape index (κ3) is 4.53. The number of hydrogen-bond acceptors (Lipinski definition) is 8. The molecule has 0 saturated carbocycles. The molecule has 0 unspecified atom stereocenters. The van der Waals surface area contributed by atoms with Crippen LogP contribution in [0.15, 0.2) is 69.0 Å². The van der Waals surface area contributed by atoms with Gasteiger partial charge >= 0.3 is 5.97 Å². The van der Waals surface area contributed by atoms with E-state index < -0.39 is 11.9 Å². The van der Waals surface area contributed by atoms with Crippen molar-refractivity contribution >= 4 is 17.7 Å². The van der Waals surface area contributed by atoms with E-state index >= 15 is 0 Å². The van der Waals surface area contributed by atoms with Crippen molar-refractivity contribution in [2.75, 3.05) is 12.4 Å². The van der Waals surface area contributed by atoms with Crippen molar-refractivity contribution in [1.82, 2.24) is 4.98 Å². The van der Waals surface area contributed by atoms with Crippen LogP contribution in [0.25, 0.3) is 0 Å². The van der Waals surface area contributed by atoms with E-state index in [1.807, 2.05) is 12.1 Å². The number of carbonyl (C=O) groups excluding carboxylic acids is 1. The molecule has 1 aromatic heterocycles. The number of nitriles is 2. The van der Waals surface area contributed by atoms with Crippen LogP contribution in [-0.2, 0) is 14.3 Å². The Hall–Kier alpha value is -3.95. The molecule has 2 aromatic rings. The summed E-state index contributed by atoms with van der Waals surface area (Å²) in [6, 6.07) is 14.5. The van der Waals surface area contributed by atoms with E-state index in [1.165, 1.54) is 6.07 Å². The van der Waals surface area contributed by atoms with Crippen LogP contribution in [0.4, 0.5) is 0 Å². The van der Waals surface area contributed by atoms with Crippen LogP contribution in [0.3, 0.4) is 0 Å². The summed E-state index contributed by atoms with van der Waals surface area (Å²) < 4.78 is 11.0. The summed E-state index contributed by atoms with van der Waals surface area (Å²) in [5.74, 6) is -1.23. The molecule has 32 heavy (non-hydrogen) atoms. The summed E-state index contributed by atoms with van der Waals surface area (Å²) >= 11 is 1.12. The number of aromatic amines is 1. The van der Waals surface area contributed by atoms with Gasteiger partial charge in [0.1, 0.15) is 23.5 Å². The lowest BCUT2D eigenvalue weighted by molar-refractivity contribution is -0.139. The molecule has 0 fully saturated rings. The quantitative estimate of drug-likeness (QED) is 0.507. The Morgan fingerprint density at radius 3 is 2.62 bits per heavy atom. The Bertz CT molecular complexity index is 1250. The van der Waals surface area contributed by atoms with E-state index in [-0.39, 0.29) is 40.7 Å². The standard InChI is InChI=1S/C23H20N4O4S/c1-3-30-23(29)20-17(12-32-22-15(10-24)13(2)9-18(28)27-22)31-21(26)16(11-25)19(20)14-7-5-4-6-8-14/h4-9,19H,3,12,26H2,1-2H3,(H,27,28)/t19-/m0/s1. The predicted molar refractivity (Wildman–Crippen MR) is 118 cm³/mol. The number of carbonyl (C=O) groups is 1. The van der Waals surface area contributed by atoms with Crippen LogP contribution in [0, 0.1) is 29.6 Å². The van der Waals surface area contributed by atoms with Gasteiger partial charge in [0.25, 0.3) is 0 Å². The van der Waals surface area contributed by atoms with Crippen LogP contribution < -0.4 is 11.3 Å². The second-order valence-corrected chi connectivity index (χ2v) is 7.80. The molecule has 0 saturated heterocycles. The van der Waals surface area contributed by atoms with Gasteiger partial charge in [-0.1, -0.05) is 42.1 Å². The minimum Gasteiger partial charge on any atom is -0.463 e. The lowest BCUT2D eigenvalue weighted by Gasteiger charge is -2.28. The second kappa shape index (κ2) is 9.90. The largest absolute Gasteiger partial charge is 0.463 e. The van der Waals surface area contributed by atoms with Gasteiger partial charge < -0.3 is 20.2 Å². The fraction of sp³-hybridized carbons (Fsp3) is 0.217. The summed E-state index contributed by atoms with van der Waals surface area (Å²) in [5.41, 5.74) is 7.51. The number of aryl methyl sites for hydroxylation is 1. The Kier molecular flexibility index (Phi) is 7.04. The molecule has 1 aliphatic heterocycles. The average Bonchev–Trinajstić information content (AvgIpc) is 2.77. The molecule has 9 heteroatoms. The molecule has 162 valence electrons. The van der Waals surface area contributed by atoms with E-state index in [1.54, 1.807) is 38.1 Å². The Labute approximate surface area is 189 Å². The maximum Gasteiger partial charge on any atom is 0.338 e. The van der Waals surface area contributed by atoms with Crippen LogP contribution in [0.1, 0.15) is 29.5 Å². The first kappa shape index (κ1) is 22.7. The first-order valence-electron chi connectivity index (χ1n) is 9.70. The van der Waals surface area contributed by atoms with Gasteiger partial charge in [0.05, 0.1) is 34.4 Å². The molecule has 0 radical (unpaired) electrons. The van der Waals surface area contributed by atoms with E-state index in [9.17, 15) is 20.1 Å². The first-order chi connectivity index (χ1) is 15.4. The molecule has 0 spiro atoms. The van der Waals surface area contributed by atoms with Crippen LogP contribution in [0.2, 0.25) is 0 Å². The number of hydrogen-bond donors (Lipinski definition) is 2. The van der Waals surface area contributed by atoms with E-state index in [4.69, 9.17) is 15.2 Å². The first-order valence-corrected chi connectivity index (χ1v) is 10.7. The predicted octanol–water partition coefficient (Wildman–Crippen LogP) is 2.97. The highest BCUT2D eigenvalue weighted by Gasteiger charge is 2.37. The number of nitrogens with one attached hydrogen (secondary N) is 1. The normalized spacial score (nSPS) is 15.6. The van der Waals surface area contributed by atoms with Crippen molar-refractivity contribution < 1.29 is 14.3 Å². The van der Waals surface area contributed by atoms with Crippen molar-refractivity contribution in [3.63, 3.8) is 0 Å². The number of rotatable bonds is 6. The maximum atomic E-state index is 13.0. The monoisotopic (exact) mass is 448 g/mol. The van der Waals surface area contributed by atoms with Crippen molar-refractivity contribution in [3.8, 4) is 12.1 Å². The Morgan fingerprint density at radius 2 is 2.00 bits per heavy atom. The zero-order valence-corrected chi connectivity index (χ0v) is 18.3. The summed E-state index contributed by atoms with van der Waals surface area (Å²) in [4.78, 5) is 27.5. The van der Waals surface area contributed by atoms with Crippen LogP contribution in [-0.4, -0.2) is 23.3 Å². The number of pyridine rings is 1. The van der Waals surface area contributed by atoms with Gasteiger partial charge in [-0.2, -0.15) is 10.5 Å². The summed E-state index contributed by atoms with van der Waals surface area (Å²) in [5, 5.41) is 19.5. The number of thioether (sulfide) groups is 1. The van der Waals surface area contributed by atoms with E-state index in [0.29, 0.717) is 21.7 Å². The van der Waals surface area contributed by atoms with Crippen LogP contribution >= 0.6 is 11.8 Å². The molecule has 0 bridgehead atoms. The lowest BCUT2D eigenvalue weighted by atomic mass is 9.83. The molecule has 3 N–H and O–H groups in total. The smallest absolute Gasteiger partial charge is 0.338 e. The fourth-order valence-electron chi connectivity index (χ4n) is 3.38. The summed E-state index contributed by atoms with van der Waals surface area (Å²) in [6.07, 6.45) is 0. The topological polar surface area (TPSA) is 142 Å². The van der Waals surface area contributed by atoms with Gasteiger partial charge in [-0.25, -0.2) is 4.79 Å². The van der Waals surface area contributed by atoms with Gasteiger partial charge in [0, 0.05) is 6.07 Å². The minimum atomic E-state index is -0.767. The van der Waals surface area contributed by atoms with Gasteiger partial charge in [0.15, 0.2) is 0 Å².